The van der Waals surface area contributed by atoms with Gasteiger partial charge in [-0.15, -0.1) is 0 Å². The number of hydrogen-bond acceptors (Lipinski definition) is 6. The van der Waals surface area contributed by atoms with Crippen LogP contribution in [-0.2, 0) is 4.74 Å². The van der Waals surface area contributed by atoms with Gasteiger partial charge in [-0.25, -0.2) is 4.98 Å². The van der Waals surface area contributed by atoms with E-state index in [9.17, 15) is 14.9 Å². The molecule has 0 unspecified atom stereocenters. The monoisotopic (exact) mass is 304 g/mol. The second-order valence-electron chi connectivity index (χ2n) is 5.47. The minimum absolute atomic E-state index is 0.142. The number of ether oxygens (including phenoxy) is 1. The van der Waals surface area contributed by atoms with Crippen LogP contribution in [0.15, 0.2) is 23.3 Å². The molecule has 1 fully saturated rings. The standard InChI is InChI=1S/C14H16N4O4/c1-22-14(3-2-4-14)7-15-11-6-10-9(5-12(11)18(20)21)13(19)17-8-16-10/h5-6,8,15H,2-4,7H2,1H3,(H,16,17,19). The summed E-state index contributed by atoms with van der Waals surface area (Å²) in [6.07, 6.45) is 4.22. The molecule has 1 aliphatic carbocycles. The summed E-state index contributed by atoms with van der Waals surface area (Å²) in [6.45, 7) is 0.485. The molecule has 2 aromatic rings. The summed E-state index contributed by atoms with van der Waals surface area (Å²) < 4.78 is 5.50. The highest BCUT2D eigenvalue weighted by Crippen LogP contribution is 2.36. The highest BCUT2D eigenvalue weighted by atomic mass is 16.6. The predicted molar refractivity (Wildman–Crippen MR) is 81.1 cm³/mol. The van der Waals surface area contributed by atoms with E-state index in [1.54, 1.807) is 7.11 Å². The number of nitrogens with one attached hydrogen (secondary N) is 2. The van der Waals surface area contributed by atoms with Gasteiger partial charge in [-0.05, 0) is 25.3 Å². The van der Waals surface area contributed by atoms with E-state index in [1.165, 1.54) is 18.5 Å². The molecule has 1 heterocycles. The predicted octanol–water partition coefficient (Wildman–Crippen LogP) is 1.81. The van der Waals surface area contributed by atoms with Gasteiger partial charge in [0.2, 0.25) is 0 Å². The number of nitro benzene ring substituents is 1. The van der Waals surface area contributed by atoms with Crippen molar-refractivity contribution in [2.75, 3.05) is 19.0 Å². The van der Waals surface area contributed by atoms with Gasteiger partial charge >= 0.3 is 0 Å². The largest absolute Gasteiger partial charge is 0.377 e. The van der Waals surface area contributed by atoms with E-state index >= 15 is 0 Å². The lowest BCUT2D eigenvalue weighted by molar-refractivity contribution is -0.383. The molecule has 1 aliphatic rings. The van der Waals surface area contributed by atoms with Crippen molar-refractivity contribution in [1.82, 2.24) is 9.97 Å². The zero-order valence-electron chi connectivity index (χ0n) is 12.1. The Bertz CT molecular complexity index is 776. The van der Waals surface area contributed by atoms with Crippen molar-refractivity contribution < 1.29 is 9.66 Å². The van der Waals surface area contributed by atoms with Crippen molar-refractivity contribution in [3.8, 4) is 0 Å². The number of H-pyrrole nitrogens is 1. The van der Waals surface area contributed by atoms with Crippen LogP contribution in [-0.4, -0.2) is 34.1 Å². The van der Waals surface area contributed by atoms with Crippen molar-refractivity contribution in [3.63, 3.8) is 0 Å². The lowest BCUT2D eigenvalue weighted by atomic mass is 9.80. The molecule has 3 rings (SSSR count). The Hall–Kier alpha value is -2.48. The Morgan fingerprint density at radius 3 is 2.86 bits per heavy atom. The number of methoxy groups -OCH3 is 1. The lowest BCUT2D eigenvalue weighted by Crippen LogP contribution is -2.45. The second-order valence-corrected chi connectivity index (χ2v) is 5.47. The van der Waals surface area contributed by atoms with Gasteiger partial charge in [0.25, 0.3) is 11.2 Å². The fourth-order valence-electron chi connectivity index (χ4n) is 2.68. The van der Waals surface area contributed by atoms with E-state index < -0.39 is 10.5 Å². The number of hydrogen-bond donors (Lipinski definition) is 2. The smallest absolute Gasteiger partial charge is 0.293 e. The number of nitrogens with zero attached hydrogens (tertiary/aromatic N) is 2. The summed E-state index contributed by atoms with van der Waals surface area (Å²) in [6, 6.07) is 2.79. The van der Waals surface area contributed by atoms with Crippen LogP contribution < -0.4 is 10.9 Å². The van der Waals surface area contributed by atoms with Crippen LogP contribution in [0.25, 0.3) is 10.9 Å². The normalized spacial score (nSPS) is 16.2. The maximum Gasteiger partial charge on any atom is 0.293 e. The number of nitro groups is 1. The molecular weight excluding hydrogens is 288 g/mol. The molecule has 0 spiro atoms. The van der Waals surface area contributed by atoms with Crippen molar-refractivity contribution in [2.45, 2.75) is 24.9 Å². The van der Waals surface area contributed by atoms with Crippen LogP contribution in [0, 0.1) is 10.1 Å². The molecule has 0 amide bonds. The first-order valence-electron chi connectivity index (χ1n) is 6.99. The summed E-state index contributed by atoms with van der Waals surface area (Å²) in [4.78, 5) is 28.9. The van der Waals surface area contributed by atoms with E-state index in [2.05, 4.69) is 15.3 Å². The van der Waals surface area contributed by atoms with Gasteiger partial charge < -0.3 is 15.0 Å². The molecule has 2 N–H and O–H groups in total. The Morgan fingerprint density at radius 1 is 1.50 bits per heavy atom. The molecule has 0 aliphatic heterocycles. The van der Waals surface area contributed by atoms with Gasteiger partial charge in [0.05, 0.1) is 27.8 Å². The molecule has 116 valence electrons. The Morgan fingerprint density at radius 2 is 2.27 bits per heavy atom. The van der Waals surface area contributed by atoms with Gasteiger partial charge in [-0.1, -0.05) is 0 Å². The average molecular weight is 304 g/mol. The number of fused-ring (bicyclic) bond motifs is 1. The van der Waals surface area contributed by atoms with Crippen molar-refractivity contribution in [1.29, 1.82) is 0 Å². The molecule has 1 aromatic heterocycles. The van der Waals surface area contributed by atoms with Gasteiger partial charge in [0.15, 0.2) is 0 Å². The van der Waals surface area contributed by atoms with E-state index in [-0.39, 0.29) is 16.7 Å². The summed E-state index contributed by atoms with van der Waals surface area (Å²) in [7, 11) is 1.65. The summed E-state index contributed by atoms with van der Waals surface area (Å²) in [5.74, 6) is 0. The van der Waals surface area contributed by atoms with Crippen LogP contribution in [0.2, 0.25) is 0 Å². The lowest BCUT2D eigenvalue weighted by Gasteiger charge is -2.40. The van der Waals surface area contributed by atoms with Gasteiger partial charge in [-0.3, -0.25) is 14.9 Å². The minimum atomic E-state index is -0.505. The first-order valence-corrected chi connectivity index (χ1v) is 6.99. The number of anilines is 1. The summed E-state index contributed by atoms with van der Waals surface area (Å²) >= 11 is 0. The molecule has 0 bridgehead atoms. The van der Waals surface area contributed by atoms with Crippen LogP contribution >= 0.6 is 0 Å². The molecule has 0 saturated heterocycles. The Labute approximate surface area is 125 Å². The van der Waals surface area contributed by atoms with E-state index in [0.29, 0.717) is 17.7 Å². The molecule has 8 heteroatoms. The molecule has 8 nitrogen and oxygen atoms in total. The van der Waals surface area contributed by atoms with Crippen LogP contribution in [0.4, 0.5) is 11.4 Å². The van der Waals surface area contributed by atoms with Crippen molar-refractivity contribution >= 4 is 22.3 Å². The Balaban J connectivity index is 1.98. The molecular formula is C14H16N4O4. The molecule has 1 saturated carbocycles. The average Bonchev–Trinajstić information content (AvgIpc) is 2.46. The quantitative estimate of drug-likeness (QED) is 0.644. The van der Waals surface area contributed by atoms with Gasteiger partial charge in [-0.2, -0.15) is 0 Å². The second kappa shape index (κ2) is 5.38. The fraction of sp³-hybridized carbons (Fsp3) is 0.429. The first kappa shape index (κ1) is 14.5. The third-order valence-electron chi connectivity index (χ3n) is 4.25. The first-order chi connectivity index (χ1) is 10.5. The van der Waals surface area contributed by atoms with Crippen molar-refractivity contribution in [3.05, 3.63) is 38.9 Å². The minimum Gasteiger partial charge on any atom is -0.377 e. The number of rotatable bonds is 5. The highest BCUT2D eigenvalue weighted by molar-refractivity contribution is 5.86. The molecule has 22 heavy (non-hydrogen) atoms. The molecule has 0 radical (unpaired) electrons. The third kappa shape index (κ3) is 2.41. The van der Waals surface area contributed by atoms with E-state index in [1.807, 2.05) is 0 Å². The van der Waals surface area contributed by atoms with E-state index in [4.69, 9.17) is 4.74 Å². The van der Waals surface area contributed by atoms with Gasteiger partial charge in [0, 0.05) is 19.7 Å². The SMILES string of the molecule is COC1(CNc2cc3nc[nH]c(=O)c3cc2[N+](=O)[O-])CCC1. The number of aromatic amines is 1. The summed E-state index contributed by atoms with van der Waals surface area (Å²) in [5, 5.41) is 14.5. The molecule has 0 atom stereocenters. The molecule has 1 aromatic carbocycles. The maximum absolute atomic E-state index is 11.7. The third-order valence-corrected chi connectivity index (χ3v) is 4.25. The number of aromatic nitrogens is 2. The highest BCUT2D eigenvalue weighted by Gasteiger charge is 2.37. The van der Waals surface area contributed by atoms with Gasteiger partial charge in [0.1, 0.15) is 5.69 Å². The topological polar surface area (TPSA) is 110 Å². The zero-order chi connectivity index (χ0) is 15.7. The van der Waals surface area contributed by atoms with Crippen LogP contribution in [0.1, 0.15) is 19.3 Å². The Kier molecular flexibility index (Phi) is 3.53. The van der Waals surface area contributed by atoms with Crippen LogP contribution in [0.3, 0.4) is 0 Å². The fourth-order valence-corrected chi connectivity index (χ4v) is 2.68. The summed E-state index contributed by atoms with van der Waals surface area (Å²) in [5.41, 5.74) is -0.0378. The number of benzene rings is 1. The van der Waals surface area contributed by atoms with E-state index in [0.717, 1.165) is 19.3 Å². The van der Waals surface area contributed by atoms with Crippen LogP contribution in [0.5, 0.6) is 0 Å². The van der Waals surface area contributed by atoms with Crippen molar-refractivity contribution in [2.24, 2.45) is 0 Å². The maximum atomic E-state index is 11.7. The zero-order valence-corrected chi connectivity index (χ0v) is 12.1.